The zero-order valence-electron chi connectivity index (χ0n) is 11.8. The van der Waals surface area contributed by atoms with E-state index < -0.39 is 5.82 Å². The molecule has 0 amide bonds. The van der Waals surface area contributed by atoms with Gasteiger partial charge in [-0.2, -0.15) is 5.26 Å². The van der Waals surface area contributed by atoms with E-state index in [1.165, 1.54) is 6.07 Å². The first-order chi connectivity index (χ1) is 9.45. The van der Waals surface area contributed by atoms with E-state index in [1.807, 2.05) is 24.8 Å². The number of morpholine rings is 1. The van der Waals surface area contributed by atoms with Gasteiger partial charge in [-0.05, 0) is 19.9 Å². The van der Waals surface area contributed by atoms with Crippen molar-refractivity contribution in [2.45, 2.75) is 32.1 Å². The van der Waals surface area contributed by atoms with Gasteiger partial charge in [0.2, 0.25) is 0 Å². The predicted molar refractivity (Wildman–Crippen MR) is 72.4 cm³/mol. The Morgan fingerprint density at radius 2 is 2.30 bits per heavy atom. The number of nitriles is 1. The van der Waals surface area contributed by atoms with Crippen LogP contribution in [0.3, 0.4) is 0 Å². The molecule has 1 aromatic carbocycles. The fourth-order valence-corrected chi connectivity index (χ4v) is 2.66. The normalized spacial score (nSPS) is 22.4. The minimum atomic E-state index is -0.458. The maximum atomic E-state index is 14.1. The number of ether oxygens (including phenoxy) is 1. The van der Waals surface area contributed by atoms with Crippen molar-refractivity contribution in [3.05, 3.63) is 35.1 Å². The van der Waals surface area contributed by atoms with Crippen molar-refractivity contribution < 1.29 is 14.2 Å². The Morgan fingerprint density at radius 1 is 1.55 bits per heavy atom. The molecule has 0 aliphatic carbocycles. The van der Waals surface area contributed by atoms with Gasteiger partial charge in [-0.15, -0.1) is 0 Å². The highest BCUT2D eigenvalue weighted by molar-refractivity contribution is 5.34. The number of rotatable bonds is 3. The summed E-state index contributed by atoms with van der Waals surface area (Å²) in [5, 5.41) is 18.1. The second-order valence-corrected chi connectivity index (χ2v) is 5.74. The van der Waals surface area contributed by atoms with Crippen molar-refractivity contribution in [3.8, 4) is 6.07 Å². The molecule has 0 radical (unpaired) electrons. The van der Waals surface area contributed by atoms with E-state index in [1.54, 1.807) is 12.1 Å². The maximum absolute atomic E-state index is 14.1. The zero-order valence-corrected chi connectivity index (χ0v) is 11.8. The van der Waals surface area contributed by atoms with Gasteiger partial charge >= 0.3 is 0 Å². The second-order valence-electron chi connectivity index (χ2n) is 5.74. The second kappa shape index (κ2) is 5.88. The van der Waals surface area contributed by atoms with Gasteiger partial charge in [-0.25, -0.2) is 4.39 Å². The lowest BCUT2D eigenvalue weighted by Gasteiger charge is -2.42. The van der Waals surface area contributed by atoms with Crippen molar-refractivity contribution in [2.75, 3.05) is 19.7 Å². The summed E-state index contributed by atoms with van der Waals surface area (Å²) in [7, 11) is 0. The standard InChI is InChI=1S/C15H19FN2O2/c1-15(2)10-18(8-13(9-19)20-15)7-12-5-3-4-11(6-17)14(12)16/h3-5,13,19H,7-10H2,1-2H3. The average molecular weight is 278 g/mol. The molecule has 0 saturated carbocycles. The summed E-state index contributed by atoms with van der Waals surface area (Å²) in [5.41, 5.74) is 0.182. The molecule has 1 saturated heterocycles. The smallest absolute Gasteiger partial charge is 0.145 e. The first-order valence-corrected chi connectivity index (χ1v) is 6.63. The molecule has 2 rings (SSSR count). The van der Waals surface area contributed by atoms with Crippen molar-refractivity contribution in [1.29, 1.82) is 5.26 Å². The first-order valence-electron chi connectivity index (χ1n) is 6.63. The summed E-state index contributed by atoms with van der Waals surface area (Å²) < 4.78 is 19.8. The summed E-state index contributed by atoms with van der Waals surface area (Å²) in [6, 6.07) is 6.70. The van der Waals surface area contributed by atoms with E-state index in [-0.39, 0.29) is 23.9 Å². The van der Waals surface area contributed by atoms with Gasteiger partial charge < -0.3 is 9.84 Å². The lowest BCUT2D eigenvalue weighted by Crippen LogP contribution is -2.53. The quantitative estimate of drug-likeness (QED) is 0.913. The SMILES string of the molecule is CC1(C)CN(Cc2cccc(C#N)c2F)CC(CO)O1. The fourth-order valence-electron chi connectivity index (χ4n) is 2.66. The molecule has 108 valence electrons. The Labute approximate surface area is 118 Å². The highest BCUT2D eigenvalue weighted by Gasteiger charge is 2.33. The Bertz CT molecular complexity index is 525. The van der Waals surface area contributed by atoms with Crippen LogP contribution >= 0.6 is 0 Å². The van der Waals surface area contributed by atoms with Gasteiger partial charge in [0.1, 0.15) is 11.9 Å². The average Bonchev–Trinajstić information content (AvgIpc) is 2.39. The summed E-state index contributed by atoms with van der Waals surface area (Å²) in [5.74, 6) is -0.458. The molecule has 0 bridgehead atoms. The van der Waals surface area contributed by atoms with E-state index in [2.05, 4.69) is 0 Å². The van der Waals surface area contributed by atoms with Crippen LogP contribution in [-0.4, -0.2) is 41.4 Å². The molecular formula is C15H19FN2O2. The number of aliphatic hydroxyl groups excluding tert-OH is 1. The number of aliphatic hydroxyl groups is 1. The van der Waals surface area contributed by atoms with E-state index in [0.29, 0.717) is 25.2 Å². The summed E-state index contributed by atoms with van der Waals surface area (Å²) in [4.78, 5) is 2.05. The molecule has 1 unspecified atom stereocenters. The molecule has 1 heterocycles. The number of benzene rings is 1. The van der Waals surface area contributed by atoms with E-state index >= 15 is 0 Å². The van der Waals surface area contributed by atoms with Crippen LogP contribution in [-0.2, 0) is 11.3 Å². The number of hydrogen-bond acceptors (Lipinski definition) is 4. The summed E-state index contributed by atoms with van der Waals surface area (Å²) in [6.07, 6.45) is -0.263. The molecule has 1 atom stereocenters. The van der Waals surface area contributed by atoms with Crippen LogP contribution in [0.4, 0.5) is 4.39 Å². The Balaban J connectivity index is 2.15. The number of nitrogens with zero attached hydrogens (tertiary/aromatic N) is 2. The van der Waals surface area contributed by atoms with Gasteiger partial charge in [0.25, 0.3) is 0 Å². The van der Waals surface area contributed by atoms with Crippen LogP contribution in [0.15, 0.2) is 18.2 Å². The largest absolute Gasteiger partial charge is 0.394 e. The van der Waals surface area contributed by atoms with Crippen LogP contribution in [0.2, 0.25) is 0 Å². The summed E-state index contributed by atoms with van der Waals surface area (Å²) >= 11 is 0. The minimum Gasteiger partial charge on any atom is -0.394 e. The van der Waals surface area contributed by atoms with Crippen LogP contribution in [0.25, 0.3) is 0 Å². The molecule has 1 aliphatic heterocycles. The number of halogens is 1. The monoisotopic (exact) mass is 278 g/mol. The van der Waals surface area contributed by atoms with Crippen molar-refractivity contribution in [1.82, 2.24) is 4.90 Å². The molecule has 1 fully saturated rings. The van der Waals surface area contributed by atoms with Gasteiger partial charge in [-0.1, -0.05) is 12.1 Å². The Morgan fingerprint density at radius 3 is 2.95 bits per heavy atom. The third-order valence-electron chi connectivity index (χ3n) is 3.35. The summed E-state index contributed by atoms with van der Waals surface area (Å²) in [6.45, 7) is 5.45. The minimum absolute atomic E-state index is 0.0549. The molecule has 0 spiro atoms. The molecule has 20 heavy (non-hydrogen) atoms. The molecule has 4 nitrogen and oxygen atoms in total. The topological polar surface area (TPSA) is 56.5 Å². The Hall–Kier alpha value is -1.48. The molecule has 1 aromatic rings. The van der Waals surface area contributed by atoms with Gasteiger partial charge in [0.05, 0.1) is 23.9 Å². The third-order valence-corrected chi connectivity index (χ3v) is 3.35. The van der Waals surface area contributed by atoms with Crippen LogP contribution < -0.4 is 0 Å². The van der Waals surface area contributed by atoms with Gasteiger partial charge in [0.15, 0.2) is 0 Å². The lowest BCUT2D eigenvalue weighted by atomic mass is 10.0. The van der Waals surface area contributed by atoms with Crippen molar-refractivity contribution in [2.24, 2.45) is 0 Å². The van der Waals surface area contributed by atoms with E-state index in [4.69, 9.17) is 10.00 Å². The van der Waals surface area contributed by atoms with E-state index in [0.717, 1.165) is 0 Å². The van der Waals surface area contributed by atoms with Crippen molar-refractivity contribution >= 4 is 0 Å². The molecule has 1 aliphatic rings. The van der Waals surface area contributed by atoms with Crippen LogP contribution in [0.5, 0.6) is 0 Å². The Kier molecular flexibility index (Phi) is 4.39. The molecule has 1 N–H and O–H groups in total. The van der Waals surface area contributed by atoms with E-state index in [9.17, 15) is 9.50 Å². The van der Waals surface area contributed by atoms with Crippen LogP contribution in [0, 0.1) is 17.1 Å². The zero-order chi connectivity index (χ0) is 14.8. The molecular weight excluding hydrogens is 259 g/mol. The predicted octanol–water partition coefficient (Wildman–Crippen LogP) is 1.67. The van der Waals surface area contributed by atoms with Gasteiger partial charge in [-0.3, -0.25) is 4.90 Å². The highest BCUT2D eigenvalue weighted by Crippen LogP contribution is 2.23. The molecule has 0 aromatic heterocycles. The van der Waals surface area contributed by atoms with Crippen LogP contribution in [0.1, 0.15) is 25.0 Å². The molecule has 5 heteroatoms. The highest BCUT2D eigenvalue weighted by atomic mass is 19.1. The third kappa shape index (κ3) is 3.34. The van der Waals surface area contributed by atoms with Gasteiger partial charge in [0, 0.05) is 25.2 Å². The fraction of sp³-hybridized carbons (Fsp3) is 0.533. The first kappa shape index (κ1) is 14.9. The number of hydrogen-bond donors (Lipinski definition) is 1. The van der Waals surface area contributed by atoms with Crippen molar-refractivity contribution in [3.63, 3.8) is 0 Å². The lowest BCUT2D eigenvalue weighted by molar-refractivity contribution is -0.150. The maximum Gasteiger partial charge on any atom is 0.145 e.